The van der Waals surface area contributed by atoms with Crippen LogP contribution in [-0.2, 0) is 4.79 Å². The smallest absolute Gasteiger partial charge is 0.226 e. The van der Waals surface area contributed by atoms with Crippen molar-refractivity contribution in [2.45, 2.75) is 39.2 Å². The fourth-order valence-corrected chi connectivity index (χ4v) is 5.10. The van der Waals surface area contributed by atoms with Crippen molar-refractivity contribution in [3.05, 3.63) is 59.3 Å². The molecule has 0 unspecified atom stereocenters. The molecule has 0 aliphatic carbocycles. The number of carbonyl (C=O) groups excluding carboxylic acids is 1. The second-order valence-corrected chi connectivity index (χ2v) is 9.11. The van der Waals surface area contributed by atoms with E-state index in [0.717, 1.165) is 32.2 Å². The lowest BCUT2D eigenvalue weighted by Crippen LogP contribution is -2.25. The van der Waals surface area contributed by atoms with E-state index in [4.69, 9.17) is 19.6 Å². The predicted molar refractivity (Wildman–Crippen MR) is 125 cm³/mol. The maximum absolute atomic E-state index is 12.7. The van der Waals surface area contributed by atoms with Crippen molar-refractivity contribution < 1.29 is 14.3 Å². The maximum atomic E-state index is 12.7. The average Bonchev–Trinajstić information content (AvgIpc) is 3.34. The van der Waals surface area contributed by atoms with Crippen LogP contribution in [0.1, 0.15) is 43.0 Å². The van der Waals surface area contributed by atoms with Crippen LogP contribution < -0.4 is 14.8 Å². The van der Waals surface area contributed by atoms with Crippen molar-refractivity contribution in [2.24, 2.45) is 0 Å². The van der Waals surface area contributed by atoms with E-state index in [1.165, 1.54) is 0 Å². The number of nitrogens with one attached hydrogen (secondary N) is 1. The Hall–Kier alpha value is -3.39. The van der Waals surface area contributed by atoms with Crippen LogP contribution in [0, 0.1) is 6.92 Å². The van der Waals surface area contributed by atoms with E-state index in [1.54, 1.807) is 23.1 Å². The highest BCUT2D eigenvalue weighted by Gasteiger charge is 2.33. The van der Waals surface area contributed by atoms with Gasteiger partial charge in [-0.1, -0.05) is 29.5 Å². The number of aromatic nitrogens is 3. The molecule has 5 rings (SSSR count). The van der Waals surface area contributed by atoms with Gasteiger partial charge >= 0.3 is 0 Å². The summed E-state index contributed by atoms with van der Waals surface area (Å²) in [7, 11) is 1.63. The normalized spacial score (nSPS) is 15.7. The van der Waals surface area contributed by atoms with E-state index in [9.17, 15) is 4.79 Å². The molecule has 4 aromatic rings. The Balaban J connectivity index is 1.60. The number of aryl methyl sites for hydroxylation is 1. The van der Waals surface area contributed by atoms with Crippen LogP contribution >= 0.6 is 11.3 Å². The minimum atomic E-state index is -0.135. The zero-order valence-corrected chi connectivity index (χ0v) is 19.2. The number of fused-ring (bicyclic) bond motifs is 2. The van der Waals surface area contributed by atoms with Gasteiger partial charge in [0.05, 0.1) is 29.1 Å². The molecule has 0 saturated heterocycles. The molecular weight excluding hydrogens is 424 g/mol. The second-order valence-electron chi connectivity index (χ2n) is 8.11. The van der Waals surface area contributed by atoms with Crippen LogP contribution in [0.5, 0.6) is 11.5 Å². The van der Waals surface area contributed by atoms with Crippen molar-refractivity contribution in [3.63, 3.8) is 0 Å². The van der Waals surface area contributed by atoms with Gasteiger partial charge < -0.3 is 14.8 Å². The third-order valence-corrected chi connectivity index (χ3v) is 6.53. The van der Waals surface area contributed by atoms with Gasteiger partial charge in [-0.3, -0.25) is 4.79 Å². The van der Waals surface area contributed by atoms with Crippen LogP contribution in [0.4, 0.5) is 5.82 Å². The first-order valence-corrected chi connectivity index (χ1v) is 11.4. The number of nitrogens with zero attached hydrogens (tertiary/aromatic N) is 3. The molecule has 164 valence electrons. The third kappa shape index (κ3) is 3.50. The molecule has 0 saturated carbocycles. The molecule has 2 aromatic carbocycles. The maximum Gasteiger partial charge on any atom is 0.226 e. The van der Waals surface area contributed by atoms with Crippen LogP contribution in [0.2, 0.25) is 0 Å². The molecule has 3 heterocycles. The minimum absolute atomic E-state index is 0.0381. The molecule has 8 heteroatoms. The van der Waals surface area contributed by atoms with Crippen molar-refractivity contribution in [2.75, 3.05) is 12.4 Å². The number of rotatable bonds is 5. The number of anilines is 1. The van der Waals surface area contributed by atoms with E-state index in [1.807, 2.05) is 63.2 Å². The lowest BCUT2D eigenvalue weighted by molar-refractivity contribution is -0.116. The Kier molecular flexibility index (Phi) is 5.09. The lowest BCUT2D eigenvalue weighted by atomic mass is 9.85. The topological polar surface area (TPSA) is 78.3 Å². The van der Waals surface area contributed by atoms with E-state index >= 15 is 0 Å². The average molecular weight is 449 g/mol. The third-order valence-electron chi connectivity index (χ3n) is 5.52. The first-order chi connectivity index (χ1) is 15.4. The fourth-order valence-electron chi connectivity index (χ4n) is 4.17. The molecular formula is C24H24N4O3S. The van der Waals surface area contributed by atoms with Crippen LogP contribution in [-0.4, -0.2) is 33.9 Å². The number of para-hydroxylation sites is 1. The Morgan fingerprint density at radius 2 is 2.00 bits per heavy atom. The zero-order chi connectivity index (χ0) is 22.4. The van der Waals surface area contributed by atoms with Gasteiger partial charge in [-0.05, 0) is 50.6 Å². The summed E-state index contributed by atoms with van der Waals surface area (Å²) in [4.78, 5) is 17.4. The fraction of sp³-hybridized carbons (Fsp3) is 0.292. The number of amides is 1. The second kappa shape index (κ2) is 7.94. The summed E-state index contributed by atoms with van der Waals surface area (Å²) in [5.41, 5.74) is 3.77. The molecule has 7 nitrogen and oxygen atoms in total. The van der Waals surface area contributed by atoms with Gasteiger partial charge in [0.2, 0.25) is 11.0 Å². The van der Waals surface area contributed by atoms with Crippen LogP contribution in [0.3, 0.4) is 0 Å². The zero-order valence-electron chi connectivity index (χ0n) is 18.4. The van der Waals surface area contributed by atoms with Gasteiger partial charge in [-0.2, -0.15) is 9.78 Å². The summed E-state index contributed by atoms with van der Waals surface area (Å²) in [6, 6.07) is 13.8. The highest BCUT2D eigenvalue weighted by Crippen LogP contribution is 2.43. The minimum Gasteiger partial charge on any atom is -0.493 e. The molecule has 1 atom stereocenters. The first kappa shape index (κ1) is 20.5. The Morgan fingerprint density at radius 1 is 1.19 bits per heavy atom. The van der Waals surface area contributed by atoms with Gasteiger partial charge in [0.1, 0.15) is 5.82 Å². The number of hydrogen-bond acceptors (Lipinski definition) is 6. The van der Waals surface area contributed by atoms with E-state index < -0.39 is 0 Å². The molecule has 1 aliphatic rings. The SMILES string of the molecule is COc1cc([C@H]2CC(=O)Nc3c2c(C)nn3-c2nc3ccccc3s2)ccc1OC(C)C. The van der Waals surface area contributed by atoms with Crippen molar-refractivity contribution in [3.8, 4) is 16.6 Å². The Bertz CT molecular complexity index is 1290. The number of hydrogen-bond donors (Lipinski definition) is 1. The predicted octanol–water partition coefficient (Wildman–Crippen LogP) is 5.06. The Labute approximate surface area is 190 Å². The van der Waals surface area contributed by atoms with Crippen LogP contribution in [0.25, 0.3) is 15.3 Å². The summed E-state index contributed by atoms with van der Waals surface area (Å²) >= 11 is 1.55. The molecule has 0 spiro atoms. The van der Waals surface area contributed by atoms with Gasteiger partial charge in [-0.25, -0.2) is 4.98 Å². The number of ether oxygens (including phenoxy) is 2. The van der Waals surface area contributed by atoms with E-state index in [-0.39, 0.29) is 17.9 Å². The van der Waals surface area contributed by atoms with Crippen molar-refractivity contribution in [1.82, 2.24) is 14.8 Å². The standard InChI is InChI=1S/C24H24N4O3S/c1-13(2)31-18-10-9-15(11-19(18)30-4)16-12-21(29)26-23-22(16)14(3)27-28(23)24-25-17-7-5-6-8-20(17)32-24/h5-11,13,16H,12H2,1-4H3,(H,26,29)/t16-/m1/s1. The molecule has 2 aromatic heterocycles. The molecule has 0 bridgehead atoms. The lowest BCUT2D eigenvalue weighted by Gasteiger charge is -2.25. The van der Waals surface area contributed by atoms with Crippen LogP contribution in [0.15, 0.2) is 42.5 Å². The number of benzene rings is 2. The van der Waals surface area contributed by atoms with Gasteiger partial charge in [0, 0.05) is 17.9 Å². The quantitative estimate of drug-likeness (QED) is 0.462. The van der Waals surface area contributed by atoms with Crippen molar-refractivity contribution in [1.29, 1.82) is 0 Å². The first-order valence-electron chi connectivity index (χ1n) is 10.5. The Morgan fingerprint density at radius 3 is 2.75 bits per heavy atom. The molecule has 1 amide bonds. The molecule has 0 radical (unpaired) electrons. The van der Waals surface area contributed by atoms with Gasteiger partial charge in [0.25, 0.3) is 0 Å². The summed E-state index contributed by atoms with van der Waals surface area (Å²) in [5.74, 6) is 1.84. The number of thiazole rings is 1. The molecule has 1 N–H and O–H groups in total. The van der Waals surface area contributed by atoms with E-state index in [0.29, 0.717) is 23.7 Å². The van der Waals surface area contributed by atoms with Crippen molar-refractivity contribution >= 4 is 33.3 Å². The van der Waals surface area contributed by atoms with Gasteiger partial charge in [0.15, 0.2) is 11.5 Å². The molecule has 32 heavy (non-hydrogen) atoms. The highest BCUT2D eigenvalue weighted by molar-refractivity contribution is 7.20. The molecule has 0 fully saturated rings. The summed E-state index contributed by atoms with van der Waals surface area (Å²) in [6.45, 7) is 5.93. The summed E-state index contributed by atoms with van der Waals surface area (Å²) in [5, 5.41) is 8.52. The van der Waals surface area contributed by atoms with Gasteiger partial charge in [-0.15, -0.1) is 0 Å². The number of carbonyl (C=O) groups is 1. The monoisotopic (exact) mass is 448 g/mol. The molecule has 1 aliphatic heterocycles. The summed E-state index contributed by atoms with van der Waals surface area (Å²) in [6.07, 6.45) is 0.378. The van der Waals surface area contributed by atoms with E-state index in [2.05, 4.69) is 5.32 Å². The largest absolute Gasteiger partial charge is 0.493 e. The highest BCUT2D eigenvalue weighted by atomic mass is 32.1. The number of methoxy groups -OCH3 is 1. The summed E-state index contributed by atoms with van der Waals surface area (Å²) < 4.78 is 14.3.